The molecule has 3 amide bonds. The minimum atomic E-state index is -0.477. The Labute approximate surface area is 202 Å². The SMILES string of the molecule is CN(C(=O)C1CCCCC1)c1ccc2c(c1)nc(NC(=O)c1ccc(C#N)nc1)n2CCC(N)=O. The number of nitriles is 1. The number of anilines is 2. The van der Waals surface area contributed by atoms with E-state index >= 15 is 0 Å². The standard InChI is InChI=1S/C25H27N7O3/c1-31(24(35)16-5-3-2-4-6-16)19-9-10-21-20(13-19)29-25(32(21)12-11-22(27)33)30-23(34)17-7-8-18(14-26)28-15-17/h7-10,13,15-16H,2-6,11-12H2,1H3,(H2,27,33)(H,29,30,34). The van der Waals surface area contributed by atoms with Crippen molar-refractivity contribution in [2.75, 3.05) is 17.3 Å². The van der Waals surface area contributed by atoms with Crippen LogP contribution < -0.4 is 16.0 Å². The normalized spacial score (nSPS) is 13.8. The molecule has 10 heteroatoms. The van der Waals surface area contributed by atoms with Crippen LogP contribution in [-0.2, 0) is 16.1 Å². The van der Waals surface area contributed by atoms with Crippen molar-refractivity contribution in [3.05, 3.63) is 47.8 Å². The average Bonchev–Trinajstić information content (AvgIpc) is 3.22. The number of hydrogen-bond donors (Lipinski definition) is 2. The quantitative estimate of drug-likeness (QED) is 0.539. The number of aryl methyl sites for hydroxylation is 1. The third kappa shape index (κ3) is 5.30. The molecule has 1 aliphatic rings. The maximum atomic E-state index is 13.0. The highest BCUT2D eigenvalue weighted by molar-refractivity contribution is 6.04. The van der Waals surface area contributed by atoms with Crippen LogP contribution in [0.1, 0.15) is 54.6 Å². The summed E-state index contributed by atoms with van der Waals surface area (Å²) in [6.07, 6.45) is 6.52. The van der Waals surface area contributed by atoms with Crippen molar-refractivity contribution in [3.63, 3.8) is 0 Å². The monoisotopic (exact) mass is 473 g/mol. The fourth-order valence-electron chi connectivity index (χ4n) is 4.39. The molecule has 1 aromatic carbocycles. The molecule has 4 rings (SSSR count). The Balaban J connectivity index is 1.63. The number of hydrogen-bond acceptors (Lipinski definition) is 6. The van der Waals surface area contributed by atoms with E-state index in [9.17, 15) is 14.4 Å². The zero-order chi connectivity index (χ0) is 24.9. The summed E-state index contributed by atoms with van der Waals surface area (Å²) >= 11 is 0. The summed E-state index contributed by atoms with van der Waals surface area (Å²) in [4.78, 5) is 47.4. The van der Waals surface area contributed by atoms with Crippen molar-refractivity contribution in [1.29, 1.82) is 5.26 Å². The second-order valence-corrected chi connectivity index (χ2v) is 8.71. The summed E-state index contributed by atoms with van der Waals surface area (Å²) in [5, 5.41) is 11.7. The van der Waals surface area contributed by atoms with Crippen molar-refractivity contribution < 1.29 is 14.4 Å². The first kappa shape index (κ1) is 23.9. The van der Waals surface area contributed by atoms with E-state index in [0.717, 1.165) is 25.7 Å². The second kappa shape index (κ2) is 10.3. The molecule has 180 valence electrons. The molecule has 35 heavy (non-hydrogen) atoms. The Hall–Kier alpha value is -4.26. The van der Waals surface area contributed by atoms with Crippen molar-refractivity contribution >= 4 is 40.4 Å². The van der Waals surface area contributed by atoms with Crippen LogP contribution in [0.4, 0.5) is 11.6 Å². The number of carbonyl (C=O) groups excluding carboxylic acids is 3. The topological polar surface area (TPSA) is 147 Å². The van der Waals surface area contributed by atoms with Gasteiger partial charge in [-0.3, -0.25) is 19.7 Å². The predicted octanol–water partition coefficient (Wildman–Crippen LogP) is 2.97. The lowest BCUT2D eigenvalue weighted by Gasteiger charge is -2.26. The fourth-order valence-corrected chi connectivity index (χ4v) is 4.39. The molecule has 2 heterocycles. The summed E-state index contributed by atoms with van der Waals surface area (Å²) in [6.45, 7) is 0.225. The predicted molar refractivity (Wildman–Crippen MR) is 130 cm³/mol. The van der Waals surface area contributed by atoms with Crippen LogP contribution in [0.5, 0.6) is 0 Å². The Morgan fingerprint density at radius 3 is 2.63 bits per heavy atom. The van der Waals surface area contributed by atoms with Crippen LogP contribution in [0.2, 0.25) is 0 Å². The summed E-state index contributed by atoms with van der Waals surface area (Å²) in [5.41, 5.74) is 7.79. The first-order chi connectivity index (χ1) is 16.9. The van der Waals surface area contributed by atoms with E-state index < -0.39 is 11.8 Å². The van der Waals surface area contributed by atoms with Crippen LogP contribution in [-0.4, -0.2) is 39.3 Å². The lowest BCUT2D eigenvalue weighted by molar-refractivity contribution is -0.123. The maximum absolute atomic E-state index is 13.0. The van der Waals surface area contributed by atoms with E-state index in [0.29, 0.717) is 16.7 Å². The van der Waals surface area contributed by atoms with E-state index in [2.05, 4.69) is 15.3 Å². The van der Waals surface area contributed by atoms with E-state index in [4.69, 9.17) is 11.0 Å². The first-order valence-electron chi connectivity index (χ1n) is 11.6. The van der Waals surface area contributed by atoms with Crippen LogP contribution in [0, 0.1) is 17.2 Å². The molecule has 1 aliphatic carbocycles. The Kier molecular flexibility index (Phi) is 7.06. The van der Waals surface area contributed by atoms with Gasteiger partial charge >= 0.3 is 0 Å². The molecule has 0 saturated heterocycles. The molecule has 0 aliphatic heterocycles. The molecule has 3 aromatic rings. The molecule has 0 atom stereocenters. The molecule has 10 nitrogen and oxygen atoms in total. The summed E-state index contributed by atoms with van der Waals surface area (Å²) in [5.74, 6) is -0.557. The van der Waals surface area contributed by atoms with Gasteiger partial charge in [-0.15, -0.1) is 0 Å². The van der Waals surface area contributed by atoms with Gasteiger partial charge in [0.1, 0.15) is 11.8 Å². The van der Waals surface area contributed by atoms with Crippen LogP contribution >= 0.6 is 0 Å². The van der Waals surface area contributed by atoms with Gasteiger partial charge in [-0.05, 0) is 43.2 Å². The number of nitrogens with zero attached hydrogens (tertiary/aromatic N) is 5. The number of carbonyl (C=O) groups is 3. The van der Waals surface area contributed by atoms with Gasteiger partial charge in [0.25, 0.3) is 5.91 Å². The number of amides is 3. The van der Waals surface area contributed by atoms with E-state index in [-0.39, 0.29) is 42.0 Å². The van der Waals surface area contributed by atoms with Gasteiger partial charge in [0.2, 0.25) is 17.8 Å². The van der Waals surface area contributed by atoms with Crippen molar-refractivity contribution in [2.24, 2.45) is 11.7 Å². The van der Waals surface area contributed by atoms with Crippen LogP contribution in [0.25, 0.3) is 11.0 Å². The Bertz CT molecular complexity index is 1300. The van der Waals surface area contributed by atoms with Gasteiger partial charge < -0.3 is 15.2 Å². The van der Waals surface area contributed by atoms with Crippen molar-refractivity contribution in [3.8, 4) is 6.07 Å². The first-order valence-corrected chi connectivity index (χ1v) is 11.6. The Morgan fingerprint density at radius 1 is 1.20 bits per heavy atom. The number of nitrogens with one attached hydrogen (secondary N) is 1. The van der Waals surface area contributed by atoms with Gasteiger partial charge in [0.15, 0.2) is 0 Å². The van der Waals surface area contributed by atoms with Crippen LogP contribution in [0.15, 0.2) is 36.5 Å². The van der Waals surface area contributed by atoms with E-state index in [1.165, 1.54) is 24.8 Å². The smallest absolute Gasteiger partial charge is 0.259 e. The molecule has 1 saturated carbocycles. The van der Waals surface area contributed by atoms with Crippen molar-refractivity contribution in [1.82, 2.24) is 14.5 Å². The number of fused-ring (bicyclic) bond motifs is 1. The molecule has 0 spiro atoms. The molecular weight excluding hydrogens is 446 g/mol. The minimum absolute atomic E-state index is 0.0356. The van der Waals surface area contributed by atoms with Gasteiger partial charge in [0.05, 0.1) is 16.6 Å². The largest absolute Gasteiger partial charge is 0.370 e. The second-order valence-electron chi connectivity index (χ2n) is 8.71. The Morgan fingerprint density at radius 2 is 1.97 bits per heavy atom. The fraction of sp³-hybridized carbons (Fsp3) is 0.360. The number of primary amides is 1. The highest BCUT2D eigenvalue weighted by Gasteiger charge is 2.25. The highest BCUT2D eigenvalue weighted by atomic mass is 16.2. The average molecular weight is 474 g/mol. The molecular formula is C25H27N7O3. The zero-order valence-corrected chi connectivity index (χ0v) is 19.5. The summed E-state index contributed by atoms with van der Waals surface area (Å²) in [6, 6.07) is 10.3. The lowest BCUT2D eigenvalue weighted by Crippen LogP contribution is -2.33. The minimum Gasteiger partial charge on any atom is -0.370 e. The number of rotatable bonds is 7. The van der Waals surface area contributed by atoms with Gasteiger partial charge in [-0.2, -0.15) is 5.26 Å². The van der Waals surface area contributed by atoms with Gasteiger partial charge in [-0.25, -0.2) is 9.97 Å². The molecule has 1 fully saturated rings. The highest BCUT2D eigenvalue weighted by Crippen LogP contribution is 2.29. The third-order valence-electron chi connectivity index (χ3n) is 6.35. The summed E-state index contributed by atoms with van der Waals surface area (Å²) < 4.78 is 1.71. The molecule has 0 radical (unpaired) electrons. The number of nitrogens with two attached hydrogens (primary N) is 1. The number of pyridine rings is 1. The lowest BCUT2D eigenvalue weighted by atomic mass is 9.88. The summed E-state index contributed by atoms with van der Waals surface area (Å²) in [7, 11) is 1.77. The van der Waals surface area contributed by atoms with Crippen molar-refractivity contribution in [2.45, 2.75) is 45.1 Å². The van der Waals surface area contributed by atoms with Crippen LogP contribution in [0.3, 0.4) is 0 Å². The zero-order valence-electron chi connectivity index (χ0n) is 19.5. The third-order valence-corrected chi connectivity index (χ3v) is 6.35. The number of benzene rings is 1. The van der Waals surface area contributed by atoms with Gasteiger partial charge in [0, 0.05) is 37.8 Å². The molecule has 0 bridgehead atoms. The molecule has 0 unspecified atom stereocenters. The van der Waals surface area contributed by atoms with E-state index in [1.54, 1.807) is 22.6 Å². The van der Waals surface area contributed by atoms with E-state index in [1.807, 2.05) is 18.2 Å². The molecule has 3 N–H and O–H groups in total. The number of aromatic nitrogens is 3. The molecule has 2 aromatic heterocycles. The maximum Gasteiger partial charge on any atom is 0.259 e. The van der Waals surface area contributed by atoms with Gasteiger partial charge in [-0.1, -0.05) is 19.3 Å². The number of imidazole rings is 1.